The van der Waals surface area contributed by atoms with E-state index in [1.807, 2.05) is 24.8 Å². The second-order valence-corrected chi connectivity index (χ2v) is 8.45. The van der Waals surface area contributed by atoms with Crippen molar-refractivity contribution in [3.63, 3.8) is 0 Å². The number of aliphatic hydroxyl groups excluding tert-OH is 1. The minimum absolute atomic E-state index is 0.169. The van der Waals surface area contributed by atoms with E-state index in [1.54, 1.807) is 30.3 Å². The molecule has 1 aliphatic rings. The standard InChI is InChI=1S/C23H25F3N6O2/c1-14(2)15-4-3-5-17(8-15)32-18(9-20(30-32)23(24,25)26)11-28-22(34)29-16-6-7-21(27-10-16)31-12-19(33)13-31/h3-10,14,19,33H,11-13H2,1-2H3,(H2,28,29,34). The molecule has 11 heteroatoms. The number of hydrogen-bond acceptors (Lipinski definition) is 5. The molecule has 8 nitrogen and oxygen atoms in total. The number of halogens is 3. The van der Waals surface area contributed by atoms with Crippen LogP contribution in [0.2, 0.25) is 0 Å². The Morgan fingerprint density at radius 1 is 1.21 bits per heavy atom. The Morgan fingerprint density at radius 2 is 1.97 bits per heavy atom. The molecule has 0 aliphatic carbocycles. The molecule has 3 heterocycles. The lowest BCUT2D eigenvalue weighted by molar-refractivity contribution is -0.141. The molecule has 1 fully saturated rings. The van der Waals surface area contributed by atoms with Gasteiger partial charge in [0.15, 0.2) is 5.69 Å². The Balaban J connectivity index is 1.46. The Hall–Kier alpha value is -3.60. The molecule has 3 N–H and O–H groups in total. The van der Waals surface area contributed by atoms with Crippen molar-refractivity contribution in [1.29, 1.82) is 0 Å². The zero-order chi connectivity index (χ0) is 24.5. The SMILES string of the molecule is CC(C)c1cccc(-n2nc(C(F)(F)F)cc2CNC(=O)Nc2ccc(N3CC(O)C3)nc2)c1. The van der Waals surface area contributed by atoms with Crippen LogP contribution in [-0.2, 0) is 12.7 Å². The predicted molar refractivity (Wildman–Crippen MR) is 121 cm³/mol. The third kappa shape index (κ3) is 5.30. The summed E-state index contributed by atoms with van der Waals surface area (Å²) < 4.78 is 41.2. The van der Waals surface area contributed by atoms with Crippen LogP contribution in [0, 0.1) is 0 Å². The molecular formula is C23H25F3N6O2. The minimum Gasteiger partial charge on any atom is -0.389 e. The monoisotopic (exact) mass is 474 g/mol. The number of urea groups is 1. The molecule has 2 aromatic heterocycles. The van der Waals surface area contributed by atoms with Crippen molar-refractivity contribution in [3.8, 4) is 5.69 Å². The molecule has 34 heavy (non-hydrogen) atoms. The first kappa shape index (κ1) is 23.6. The molecule has 0 unspecified atom stereocenters. The highest BCUT2D eigenvalue weighted by atomic mass is 19.4. The van der Waals surface area contributed by atoms with E-state index in [0.29, 0.717) is 30.3 Å². The van der Waals surface area contributed by atoms with E-state index in [9.17, 15) is 23.1 Å². The van der Waals surface area contributed by atoms with Gasteiger partial charge in [-0.3, -0.25) is 0 Å². The Morgan fingerprint density at radius 3 is 2.59 bits per heavy atom. The second kappa shape index (κ2) is 9.34. The Kier molecular flexibility index (Phi) is 6.47. The van der Waals surface area contributed by atoms with Gasteiger partial charge in [-0.1, -0.05) is 26.0 Å². The van der Waals surface area contributed by atoms with Gasteiger partial charge in [0.2, 0.25) is 0 Å². The number of anilines is 2. The molecule has 4 rings (SSSR count). The van der Waals surface area contributed by atoms with Gasteiger partial charge >= 0.3 is 12.2 Å². The lowest BCUT2D eigenvalue weighted by Gasteiger charge is -2.36. The van der Waals surface area contributed by atoms with Gasteiger partial charge in [0.1, 0.15) is 5.82 Å². The Labute approximate surface area is 194 Å². The van der Waals surface area contributed by atoms with Crippen LogP contribution >= 0.6 is 0 Å². The van der Waals surface area contributed by atoms with Crippen LogP contribution in [-0.4, -0.2) is 45.1 Å². The van der Waals surface area contributed by atoms with E-state index in [1.165, 1.54) is 10.9 Å². The van der Waals surface area contributed by atoms with Crippen LogP contribution < -0.4 is 15.5 Å². The van der Waals surface area contributed by atoms with Crippen molar-refractivity contribution in [3.05, 3.63) is 65.6 Å². The second-order valence-electron chi connectivity index (χ2n) is 8.45. The average Bonchev–Trinajstić information content (AvgIpc) is 3.21. The molecular weight excluding hydrogens is 449 g/mol. The van der Waals surface area contributed by atoms with Gasteiger partial charge in [-0.05, 0) is 41.8 Å². The van der Waals surface area contributed by atoms with Crippen molar-refractivity contribution in [2.75, 3.05) is 23.3 Å². The Bertz CT molecular complexity index is 1150. The topological polar surface area (TPSA) is 95.3 Å². The van der Waals surface area contributed by atoms with Crippen molar-refractivity contribution < 1.29 is 23.1 Å². The number of alkyl halides is 3. The lowest BCUT2D eigenvalue weighted by Crippen LogP contribution is -2.51. The molecule has 1 aliphatic heterocycles. The van der Waals surface area contributed by atoms with Crippen molar-refractivity contribution in [2.24, 2.45) is 0 Å². The van der Waals surface area contributed by atoms with Crippen molar-refractivity contribution >= 4 is 17.5 Å². The van der Waals surface area contributed by atoms with Gasteiger partial charge in [-0.25, -0.2) is 14.5 Å². The smallest absolute Gasteiger partial charge is 0.389 e. The first-order valence-electron chi connectivity index (χ1n) is 10.8. The molecule has 1 aromatic carbocycles. The molecule has 0 saturated carbocycles. The summed E-state index contributed by atoms with van der Waals surface area (Å²) >= 11 is 0. The maximum atomic E-state index is 13.3. The maximum Gasteiger partial charge on any atom is 0.435 e. The van der Waals surface area contributed by atoms with Gasteiger partial charge in [-0.2, -0.15) is 18.3 Å². The largest absolute Gasteiger partial charge is 0.435 e. The summed E-state index contributed by atoms with van der Waals surface area (Å²) in [5.74, 6) is 0.875. The zero-order valence-corrected chi connectivity index (χ0v) is 18.7. The van der Waals surface area contributed by atoms with E-state index in [4.69, 9.17) is 0 Å². The van der Waals surface area contributed by atoms with Crippen LogP contribution in [0.25, 0.3) is 5.69 Å². The lowest BCUT2D eigenvalue weighted by atomic mass is 10.0. The molecule has 3 aromatic rings. The highest BCUT2D eigenvalue weighted by molar-refractivity contribution is 5.89. The van der Waals surface area contributed by atoms with E-state index < -0.39 is 17.9 Å². The van der Waals surface area contributed by atoms with Crippen LogP contribution in [0.4, 0.5) is 29.5 Å². The van der Waals surface area contributed by atoms with Gasteiger partial charge in [0.05, 0.1) is 35.9 Å². The number of aliphatic hydroxyl groups is 1. The van der Waals surface area contributed by atoms with Gasteiger partial charge in [0, 0.05) is 13.1 Å². The van der Waals surface area contributed by atoms with Crippen molar-refractivity contribution in [2.45, 2.75) is 38.6 Å². The van der Waals surface area contributed by atoms with E-state index in [0.717, 1.165) is 11.6 Å². The van der Waals surface area contributed by atoms with E-state index in [2.05, 4.69) is 20.7 Å². The summed E-state index contributed by atoms with van der Waals surface area (Å²) in [7, 11) is 0. The van der Waals surface area contributed by atoms with E-state index >= 15 is 0 Å². The molecule has 1 saturated heterocycles. The number of pyridine rings is 1. The normalized spacial score (nSPS) is 14.3. The number of hydrogen-bond donors (Lipinski definition) is 3. The number of β-amino-alcohol motifs (C(OH)–C–C–N with tert-alkyl or cyclic N) is 1. The first-order valence-corrected chi connectivity index (χ1v) is 10.8. The number of aromatic nitrogens is 3. The minimum atomic E-state index is -4.61. The van der Waals surface area contributed by atoms with Crippen LogP contribution in [0.5, 0.6) is 0 Å². The predicted octanol–water partition coefficient (Wildman–Crippen LogP) is 3.91. The molecule has 180 valence electrons. The zero-order valence-electron chi connectivity index (χ0n) is 18.7. The molecule has 0 spiro atoms. The third-order valence-corrected chi connectivity index (χ3v) is 5.48. The highest BCUT2D eigenvalue weighted by Gasteiger charge is 2.35. The fourth-order valence-electron chi connectivity index (χ4n) is 3.56. The number of carbonyl (C=O) groups excluding carboxylic acids is 1. The quantitative estimate of drug-likeness (QED) is 0.504. The maximum absolute atomic E-state index is 13.3. The number of carbonyl (C=O) groups is 1. The van der Waals surface area contributed by atoms with Crippen LogP contribution in [0.3, 0.4) is 0 Å². The van der Waals surface area contributed by atoms with Crippen LogP contribution in [0.15, 0.2) is 48.7 Å². The summed E-state index contributed by atoms with van der Waals surface area (Å²) in [4.78, 5) is 18.5. The van der Waals surface area contributed by atoms with Gasteiger partial charge in [-0.15, -0.1) is 0 Å². The fraction of sp³-hybridized carbons (Fsp3) is 0.348. The number of amides is 2. The molecule has 0 bridgehead atoms. The molecule has 0 radical (unpaired) electrons. The first-order chi connectivity index (χ1) is 16.1. The third-order valence-electron chi connectivity index (χ3n) is 5.48. The van der Waals surface area contributed by atoms with Crippen LogP contribution in [0.1, 0.15) is 36.7 Å². The summed E-state index contributed by atoms with van der Waals surface area (Å²) in [6, 6.07) is 10.8. The van der Waals surface area contributed by atoms with Gasteiger partial charge < -0.3 is 20.6 Å². The van der Waals surface area contributed by atoms with Gasteiger partial charge in [0.25, 0.3) is 0 Å². The highest BCUT2D eigenvalue weighted by Crippen LogP contribution is 2.30. The summed E-state index contributed by atoms with van der Waals surface area (Å²) in [5.41, 5.74) is 1.02. The van der Waals surface area contributed by atoms with Crippen molar-refractivity contribution in [1.82, 2.24) is 20.1 Å². The average molecular weight is 474 g/mol. The summed E-state index contributed by atoms with van der Waals surface area (Å²) in [6.07, 6.45) is -3.49. The summed E-state index contributed by atoms with van der Waals surface area (Å²) in [6.45, 7) is 4.83. The number of rotatable bonds is 6. The fourth-order valence-corrected chi connectivity index (χ4v) is 3.56. The summed E-state index contributed by atoms with van der Waals surface area (Å²) in [5, 5.41) is 18.3. The number of nitrogens with one attached hydrogen (secondary N) is 2. The number of nitrogens with zero attached hydrogens (tertiary/aromatic N) is 4. The molecule has 2 amide bonds. The van der Waals surface area contributed by atoms with E-state index in [-0.39, 0.29) is 24.3 Å². The molecule has 0 atom stereocenters. The number of benzene rings is 1.